The molecule has 1 atom stereocenters. The molecule has 1 aromatic heterocycles. The van der Waals surface area contributed by atoms with E-state index in [0.717, 1.165) is 0 Å². The van der Waals surface area contributed by atoms with E-state index >= 15 is 0 Å². The molecule has 0 radical (unpaired) electrons. The van der Waals surface area contributed by atoms with Gasteiger partial charge in [-0.1, -0.05) is 13.8 Å². The number of nitrogen functional groups attached to an aromatic ring is 1. The van der Waals surface area contributed by atoms with E-state index < -0.39 is 0 Å². The van der Waals surface area contributed by atoms with Gasteiger partial charge in [0.1, 0.15) is 5.82 Å². The minimum Gasteiger partial charge on any atom is -0.384 e. The molecule has 0 aliphatic carbocycles. The van der Waals surface area contributed by atoms with Crippen LogP contribution < -0.4 is 11.1 Å². The zero-order valence-electron chi connectivity index (χ0n) is 10.4. The van der Waals surface area contributed by atoms with Crippen molar-refractivity contribution < 1.29 is 9.53 Å². The van der Waals surface area contributed by atoms with E-state index in [1.807, 2.05) is 13.8 Å². The van der Waals surface area contributed by atoms with E-state index in [9.17, 15) is 4.79 Å². The normalized spacial score (nSPS) is 12.5. The van der Waals surface area contributed by atoms with Gasteiger partial charge in [0.05, 0.1) is 12.6 Å². The van der Waals surface area contributed by atoms with Gasteiger partial charge in [0.25, 0.3) is 5.91 Å². The van der Waals surface area contributed by atoms with E-state index in [-0.39, 0.29) is 11.9 Å². The van der Waals surface area contributed by atoms with Crippen LogP contribution >= 0.6 is 0 Å². The number of nitrogens with zero attached hydrogens (tertiary/aromatic N) is 1. The van der Waals surface area contributed by atoms with Crippen molar-refractivity contribution in [3.63, 3.8) is 0 Å². The van der Waals surface area contributed by atoms with Crippen LogP contribution in [0.1, 0.15) is 24.2 Å². The largest absolute Gasteiger partial charge is 0.384 e. The molecule has 1 rings (SSSR count). The van der Waals surface area contributed by atoms with E-state index in [1.165, 1.54) is 6.20 Å². The van der Waals surface area contributed by atoms with Crippen molar-refractivity contribution in [2.75, 3.05) is 19.5 Å². The van der Waals surface area contributed by atoms with E-state index in [2.05, 4.69) is 10.3 Å². The molecule has 0 aromatic carbocycles. The lowest BCUT2D eigenvalue weighted by atomic mass is 10.0. The smallest absolute Gasteiger partial charge is 0.251 e. The lowest BCUT2D eigenvalue weighted by molar-refractivity contribution is 0.0866. The van der Waals surface area contributed by atoms with Crippen LogP contribution in [0.2, 0.25) is 0 Å². The van der Waals surface area contributed by atoms with Gasteiger partial charge < -0.3 is 15.8 Å². The summed E-state index contributed by atoms with van der Waals surface area (Å²) in [6.07, 6.45) is 1.52. The van der Waals surface area contributed by atoms with Crippen LogP contribution in [-0.4, -0.2) is 30.6 Å². The molecule has 1 amide bonds. The molecule has 94 valence electrons. The molecule has 3 N–H and O–H groups in total. The molecule has 0 spiro atoms. The quantitative estimate of drug-likeness (QED) is 0.803. The van der Waals surface area contributed by atoms with E-state index in [4.69, 9.17) is 10.5 Å². The number of amides is 1. The van der Waals surface area contributed by atoms with Gasteiger partial charge in [0.2, 0.25) is 0 Å². The number of anilines is 1. The highest BCUT2D eigenvalue weighted by Gasteiger charge is 2.17. The first-order valence-corrected chi connectivity index (χ1v) is 5.56. The summed E-state index contributed by atoms with van der Waals surface area (Å²) in [6.45, 7) is 4.56. The fourth-order valence-corrected chi connectivity index (χ4v) is 1.42. The number of nitrogens with one attached hydrogen (secondary N) is 1. The third-order valence-electron chi connectivity index (χ3n) is 2.51. The summed E-state index contributed by atoms with van der Waals surface area (Å²) in [5.74, 6) is 0.485. The van der Waals surface area contributed by atoms with Crippen LogP contribution in [-0.2, 0) is 4.74 Å². The number of ether oxygens (including phenoxy) is 1. The Morgan fingerprint density at radius 2 is 2.29 bits per heavy atom. The Hall–Kier alpha value is -1.62. The Kier molecular flexibility index (Phi) is 4.90. The van der Waals surface area contributed by atoms with Crippen LogP contribution in [0.5, 0.6) is 0 Å². The van der Waals surface area contributed by atoms with Crippen molar-refractivity contribution in [1.29, 1.82) is 0 Å². The second-order valence-electron chi connectivity index (χ2n) is 4.25. The summed E-state index contributed by atoms with van der Waals surface area (Å²) in [4.78, 5) is 15.8. The Balaban J connectivity index is 2.70. The summed E-state index contributed by atoms with van der Waals surface area (Å²) in [7, 11) is 1.62. The molecule has 0 saturated heterocycles. The van der Waals surface area contributed by atoms with Gasteiger partial charge in [-0.25, -0.2) is 4.98 Å². The average molecular weight is 237 g/mol. The maximum Gasteiger partial charge on any atom is 0.251 e. The van der Waals surface area contributed by atoms with Crippen molar-refractivity contribution in [1.82, 2.24) is 10.3 Å². The van der Waals surface area contributed by atoms with Gasteiger partial charge in [0, 0.05) is 18.9 Å². The average Bonchev–Trinajstić information content (AvgIpc) is 2.28. The van der Waals surface area contributed by atoms with Crippen molar-refractivity contribution in [3.8, 4) is 0 Å². The molecule has 1 aromatic rings. The topological polar surface area (TPSA) is 77.2 Å². The Labute approximate surface area is 101 Å². The Morgan fingerprint density at radius 3 is 2.82 bits per heavy atom. The Bertz CT molecular complexity index is 380. The van der Waals surface area contributed by atoms with Crippen LogP contribution in [0.25, 0.3) is 0 Å². The lowest BCUT2D eigenvalue weighted by Crippen LogP contribution is -2.41. The minimum absolute atomic E-state index is 0.0121. The van der Waals surface area contributed by atoms with Gasteiger partial charge in [0.15, 0.2) is 0 Å². The highest BCUT2D eigenvalue weighted by molar-refractivity contribution is 5.94. The summed E-state index contributed by atoms with van der Waals surface area (Å²) in [5.41, 5.74) is 6.04. The van der Waals surface area contributed by atoms with Crippen LogP contribution in [0.15, 0.2) is 18.3 Å². The number of hydrogen-bond acceptors (Lipinski definition) is 4. The van der Waals surface area contributed by atoms with Gasteiger partial charge in [-0.3, -0.25) is 4.79 Å². The first-order chi connectivity index (χ1) is 8.04. The summed E-state index contributed by atoms with van der Waals surface area (Å²) < 4.78 is 5.07. The molecule has 5 nitrogen and oxygen atoms in total. The molecule has 1 heterocycles. The lowest BCUT2D eigenvalue weighted by Gasteiger charge is -2.21. The highest BCUT2D eigenvalue weighted by atomic mass is 16.5. The number of carbonyl (C=O) groups is 1. The van der Waals surface area contributed by atoms with Gasteiger partial charge in [-0.15, -0.1) is 0 Å². The number of pyridine rings is 1. The first kappa shape index (κ1) is 13.4. The fourth-order valence-electron chi connectivity index (χ4n) is 1.42. The van der Waals surface area contributed by atoms with Gasteiger partial charge in [-0.05, 0) is 18.1 Å². The Morgan fingerprint density at radius 1 is 1.59 bits per heavy atom. The number of rotatable bonds is 5. The third kappa shape index (κ3) is 4.03. The molecule has 0 bridgehead atoms. The SMILES string of the molecule is COCC(NC(=O)c1ccnc(N)c1)C(C)C. The fraction of sp³-hybridized carbons (Fsp3) is 0.500. The maximum atomic E-state index is 11.9. The maximum absolute atomic E-state index is 11.9. The van der Waals surface area contributed by atoms with Crippen molar-refractivity contribution >= 4 is 11.7 Å². The standard InChI is InChI=1S/C12H19N3O2/c1-8(2)10(7-17-3)15-12(16)9-4-5-14-11(13)6-9/h4-6,8,10H,7H2,1-3H3,(H2,13,14)(H,15,16). The molecule has 1 unspecified atom stereocenters. The zero-order valence-corrected chi connectivity index (χ0v) is 10.4. The summed E-state index contributed by atoms with van der Waals surface area (Å²) >= 11 is 0. The number of aromatic nitrogens is 1. The van der Waals surface area contributed by atoms with Crippen molar-refractivity contribution in [3.05, 3.63) is 23.9 Å². The van der Waals surface area contributed by atoms with E-state index in [1.54, 1.807) is 19.2 Å². The molecule has 0 aliphatic heterocycles. The van der Waals surface area contributed by atoms with Crippen LogP contribution in [0.4, 0.5) is 5.82 Å². The number of carbonyl (C=O) groups excluding carboxylic acids is 1. The molecular formula is C12H19N3O2. The third-order valence-corrected chi connectivity index (χ3v) is 2.51. The van der Waals surface area contributed by atoms with Gasteiger partial charge in [-0.2, -0.15) is 0 Å². The summed E-state index contributed by atoms with van der Waals surface area (Å²) in [6, 6.07) is 3.18. The van der Waals surface area contributed by atoms with Crippen molar-refractivity contribution in [2.24, 2.45) is 5.92 Å². The molecule has 17 heavy (non-hydrogen) atoms. The van der Waals surface area contributed by atoms with E-state index in [0.29, 0.717) is 23.9 Å². The number of nitrogens with two attached hydrogens (primary N) is 1. The predicted octanol–water partition coefficient (Wildman–Crippen LogP) is 1.06. The predicted molar refractivity (Wildman–Crippen MR) is 66.6 cm³/mol. The summed E-state index contributed by atoms with van der Waals surface area (Å²) in [5, 5.41) is 2.91. The molecule has 0 fully saturated rings. The number of hydrogen-bond donors (Lipinski definition) is 2. The van der Waals surface area contributed by atoms with Gasteiger partial charge >= 0.3 is 0 Å². The van der Waals surface area contributed by atoms with Crippen LogP contribution in [0, 0.1) is 5.92 Å². The monoisotopic (exact) mass is 237 g/mol. The van der Waals surface area contributed by atoms with Crippen LogP contribution in [0.3, 0.4) is 0 Å². The molecule has 0 saturated carbocycles. The zero-order chi connectivity index (χ0) is 12.8. The molecular weight excluding hydrogens is 218 g/mol. The second kappa shape index (κ2) is 6.20. The second-order valence-corrected chi connectivity index (χ2v) is 4.25. The van der Waals surface area contributed by atoms with Crippen molar-refractivity contribution in [2.45, 2.75) is 19.9 Å². The molecule has 0 aliphatic rings. The minimum atomic E-state index is -0.158. The molecule has 5 heteroatoms. The first-order valence-electron chi connectivity index (χ1n) is 5.56. The number of methoxy groups -OCH3 is 1. The highest BCUT2D eigenvalue weighted by Crippen LogP contribution is 2.06.